The lowest BCUT2D eigenvalue weighted by Crippen LogP contribution is -2.15. The number of hydrogen-bond donors (Lipinski definition) is 0. The number of nitrogens with zero attached hydrogens (tertiary/aromatic N) is 2. The molecule has 1 aromatic heterocycles. The molecule has 0 N–H and O–H groups in total. The zero-order valence-corrected chi connectivity index (χ0v) is 15.0. The SMILES string of the molecule is O=C(CSc1nnc(-c2ccccc2Cl)o1)OCC(=O)c1ccccc1. The second-order valence-corrected chi connectivity index (χ2v) is 6.43. The molecule has 0 amide bonds. The molecule has 0 aliphatic rings. The van der Waals surface area contributed by atoms with Gasteiger partial charge in [-0.15, -0.1) is 10.2 Å². The molecule has 0 saturated heterocycles. The van der Waals surface area contributed by atoms with Crippen molar-refractivity contribution < 1.29 is 18.7 Å². The van der Waals surface area contributed by atoms with Crippen molar-refractivity contribution >= 4 is 35.1 Å². The van der Waals surface area contributed by atoms with Crippen LogP contribution >= 0.6 is 23.4 Å². The van der Waals surface area contributed by atoms with Gasteiger partial charge in [0.25, 0.3) is 5.22 Å². The number of Topliss-reactive ketones (excluding diaryl/α,β-unsaturated/α-hetero) is 1. The highest BCUT2D eigenvalue weighted by molar-refractivity contribution is 7.99. The van der Waals surface area contributed by atoms with Crippen LogP contribution in [0.2, 0.25) is 5.02 Å². The zero-order chi connectivity index (χ0) is 18.4. The average Bonchev–Trinajstić information content (AvgIpc) is 3.14. The molecule has 132 valence electrons. The van der Waals surface area contributed by atoms with Gasteiger partial charge >= 0.3 is 5.97 Å². The van der Waals surface area contributed by atoms with Gasteiger partial charge < -0.3 is 9.15 Å². The molecule has 0 unspecified atom stereocenters. The maximum absolute atomic E-state index is 11.9. The molecular weight excluding hydrogens is 376 g/mol. The summed E-state index contributed by atoms with van der Waals surface area (Å²) in [6, 6.07) is 15.7. The van der Waals surface area contributed by atoms with E-state index in [9.17, 15) is 9.59 Å². The van der Waals surface area contributed by atoms with Crippen LogP contribution in [0.5, 0.6) is 0 Å². The molecule has 0 radical (unpaired) electrons. The van der Waals surface area contributed by atoms with Gasteiger partial charge in [-0.25, -0.2) is 0 Å². The van der Waals surface area contributed by atoms with Crippen LogP contribution in [-0.4, -0.2) is 34.3 Å². The first-order chi connectivity index (χ1) is 12.6. The van der Waals surface area contributed by atoms with Crippen LogP contribution in [-0.2, 0) is 9.53 Å². The smallest absolute Gasteiger partial charge is 0.316 e. The van der Waals surface area contributed by atoms with Crippen LogP contribution < -0.4 is 0 Å². The van der Waals surface area contributed by atoms with Crippen LogP contribution in [0, 0.1) is 0 Å². The monoisotopic (exact) mass is 388 g/mol. The number of esters is 1. The number of benzene rings is 2. The summed E-state index contributed by atoms with van der Waals surface area (Å²) in [4.78, 5) is 23.7. The van der Waals surface area contributed by atoms with Crippen molar-refractivity contribution in [1.82, 2.24) is 10.2 Å². The van der Waals surface area contributed by atoms with Crippen molar-refractivity contribution in [2.45, 2.75) is 5.22 Å². The Morgan fingerprint density at radius 1 is 1.04 bits per heavy atom. The lowest BCUT2D eigenvalue weighted by atomic mass is 10.1. The van der Waals surface area contributed by atoms with Gasteiger partial charge in [0.15, 0.2) is 12.4 Å². The minimum Gasteiger partial charge on any atom is -0.457 e. The first-order valence-electron chi connectivity index (χ1n) is 7.58. The van der Waals surface area contributed by atoms with Gasteiger partial charge in [-0.3, -0.25) is 9.59 Å². The maximum atomic E-state index is 11.9. The van der Waals surface area contributed by atoms with E-state index < -0.39 is 5.97 Å². The van der Waals surface area contributed by atoms with Gasteiger partial charge in [-0.2, -0.15) is 0 Å². The first-order valence-corrected chi connectivity index (χ1v) is 8.95. The number of thioether (sulfide) groups is 1. The molecular formula is C18H13ClN2O4S. The molecule has 0 aliphatic heterocycles. The molecule has 0 spiro atoms. The molecule has 26 heavy (non-hydrogen) atoms. The largest absolute Gasteiger partial charge is 0.457 e. The highest BCUT2D eigenvalue weighted by Gasteiger charge is 2.15. The Hall–Kier alpha value is -2.64. The third-order valence-electron chi connectivity index (χ3n) is 3.28. The van der Waals surface area contributed by atoms with E-state index in [0.717, 1.165) is 11.8 Å². The lowest BCUT2D eigenvalue weighted by Gasteiger charge is -2.03. The van der Waals surface area contributed by atoms with Gasteiger partial charge in [-0.05, 0) is 12.1 Å². The summed E-state index contributed by atoms with van der Waals surface area (Å²) < 4.78 is 10.4. The standard InChI is InChI=1S/C18H13ClN2O4S/c19-14-9-5-4-8-13(14)17-20-21-18(25-17)26-11-16(23)24-10-15(22)12-6-2-1-3-7-12/h1-9H,10-11H2. The molecule has 2 aromatic carbocycles. The van der Waals surface area contributed by atoms with E-state index in [2.05, 4.69) is 10.2 Å². The van der Waals surface area contributed by atoms with Gasteiger partial charge in [0.2, 0.25) is 5.89 Å². The lowest BCUT2D eigenvalue weighted by molar-refractivity contribution is -0.139. The topological polar surface area (TPSA) is 82.3 Å². The molecule has 0 saturated carbocycles. The molecule has 6 nitrogen and oxygen atoms in total. The van der Waals surface area contributed by atoms with Crippen LogP contribution in [0.15, 0.2) is 64.2 Å². The second kappa shape index (κ2) is 8.64. The van der Waals surface area contributed by atoms with E-state index in [4.69, 9.17) is 20.8 Å². The summed E-state index contributed by atoms with van der Waals surface area (Å²) >= 11 is 7.10. The van der Waals surface area contributed by atoms with E-state index in [-0.39, 0.29) is 29.3 Å². The molecule has 0 aliphatic carbocycles. The van der Waals surface area contributed by atoms with E-state index in [1.165, 1.54) is 0 Å². The third kappa shape index (κ3) is 4.71. The first kappa shape index (κ1) is 18.2. The number of halogens is 1. The van der Waals surface area contributed by atoms with E-state index in [1.54, 1.807) is 54.6 Å². The number of ether oxygens (including phenoxy) is 1. The molecule has 0 atom stereocenters. The van der Waals surface area contributed by atoms with Crippen LogP contribution in [0.4, 0.5) is 0 Å². The number of aromatic nitrogens is 2. The van der Waals surface area contributed by atoms with Crippen LogP contribution in [0.25, 0.3) is 11.5 Å². The summed E-state index contributed by atoms with van der Waals surface area (Å²) in [5.41, 5.74) is 1.11. The summed E-state index contributed by atoms with van der Waals surface area (Å²) in [5, 5.41) is 8.48. The number of carbonyl (C=O) groups excluding carboxylic acids is 2. The van der Waals surface area contributed by atoms with Gasteiger partial charge in [0.05, 0.1) is 10.6 Å². The number of ketones is 1. The van der Waals surface area contributed by atoms with Crippen molar-refractivity contribution in [1.29, 1.82) is 0 Å². The Morgan fingerprint density at radius 2 is 1.77 bits per heavy atom. The fourth-order valence-corrected chi connectivity index (χ4v) is 2.80. The summed E-state index contributed by atoms with van der Waals surface area (Å²) in [7, 11) is 0. The fraction of sp³-hybridized carbons (Fsp3) is 0.111. The Bertz CT molecular complexity index is 914. The summed E-state index contributed by atoms with van der Waals surface area (Å²) in [5.74, 6) is -0.586. The minimum atomic E-state index is -0.545. The quantitative estimate of drug-likeness (QED) is 0.344. The van der Waals surface area contributed by atoms with Gasteiger partial charge in [0.1, 0.15) is 5.75 Å². The van der Waals surface area contributed by atoms with Gasteiger partial charge in [-0.1, -0.05) is 65.8 Å². The molecule has 3 aromatic rings. The number of rotatable bonds is 7. The van der Waals surface area contributed by atoms with E-state index in [1.807, 2.05) is 0 Å². The normalized spacial score (nSPS) is 10.5. The van der Waals surface area contributed by atoms with Crippen molar-refractivity contribution in [3.05, 3.63) is 65.2 Å². The summed E-state index contributed by atoms with van der Waals surface area (Å²) in [6.07, 6.45) is 0. The van der Waals surface area contributed by atoms with Crippen molar-refractivity contribution in [2.24, 2.45) is 0 Å². The second-order valence-electron chi connectivity index (χ2n) is 5.09. The van der Waals surface area contributed by atoms with E-state index in [0.29, 0.717) is 16.1 Å². The third-order valence-corrected chi connectivity index (χ3v) is 4.41. The van der Waals surface area contributed by atoms with Crippen molar-refractivity contribution in [3.8, 4) is 11.5 Å². The molecule has 0 bridgehead atoms. The number of hydrogen-bond acceptors (Lipinski definition) is 7. The highest BCUT2D eigenvalue weighted by Crippen LogP contribution is 2.28. The van der Waals surface area contributed by atoms with Crippen molar-refractivity contribution in [2.75, 3.05) is 12.4 Å². The minimum absolute atomic E-state index is 0.0494. The van der Waals surface area contributed by atoms with Crippen molar-refractivity contribution in [3.63, 3.8) is 0 Å². The predicted octanol–water partition coefficient (Wildman–Crippen LogP) is 3.91. The van der Waals surface area contributed by atoms with Crippen LogP contribution in [0.3, 0.4) is 0 Å². The molecule has 0 fully saturated rings. The van der Waals surface area contributed by atoms with Gasteiger partial charge in [0, 0.05) is 5.56 Å². The maximum Gasteiger partial charge on any atom is 0.316 e. The molecule has 3 rings (SSSR count). The Balaban J connectivity index is 1.49. The Kier molecular flexibility index (Phi) is 6.04. The van der Waals surface area contributed by atoms with Crippen LogP contribution in [0.1, 0.15) is 10.4 Å². The van der Waals surface area contributed by atoms with E-state index >= 15 is 0 Å². The molecule has 8 heteroatoms. The highest BCUT2D eigenvalue weighted by atomic mass is 35.5. The Morgan fingerprint density at radius 3 is 2.54 bits per heavy atom. The summed E-state index contributed by atoms with van der Waals surface area (Å²) in [6.45, 7) is -0.307. The fourth-order valence-electron chi connectivity index (χ4n) is 2.03. The average molecular weight is 389 g/mol. The Labute approximate surface area is 158 Å². The zero-order valence-electron chi connectivity index (χ0n) is 13.4. The predicted molar refractivity (Wildman–Crippen MR) is 97.2 cm³/mol. The molecule has 1 heterocycles. The number of carbonyl (C=O) groups is 2.